The fraction of sp³-hybridized carbons (Fsp3) is 0.526. The summed E-state index contributed by atoms with van der Waals surface area (Å²) in [5.41, 5.74) is 6.31. The molecule has 166 valence electrons. The number of aryl methyl sites for hydroxylation is 1. The second-order valence-corrected chi connectivity index (χ2v) is 8.83. The van der Waals surface area contributed by atoms with Gasteiger partial charge in [-0.2, -0.15) is 5.10 Å². The molecule has 0 radical (unpaired) electrons. The third-order valence-corrected chi connectivity index (χ3v) is 7.04. The van der Waals surface area contributed by atoms with E-state index in [2.05, 4.69) is 15.4 Å². The fourth-order valence-electron chi connectivity index (χ4n) is 5.06. The van der Waals surface area contributed by atoms with Crippen molar-refractivity contribution in [3.8, 4) is 0 Å². The van der Waals surface area contributed by atoms with E-state index < -0.39 is 0 Å². The summed E-state index contributed by atoms with van der Waals surface area (Å²) < 4.78 is 7.92. The van der Waals surface area contributed by atoms with Crippen LogP contribution in [-0.2, 0) is 16.6 Å². The molecule has 3 saturated heterocycles. The molecule has 5 heterocycles. The maximum absolute atomic E-state index is 12.8. The van der Waals surface area contributed by atoms with Crippen molar-refractivity contribution in [2.45, 2.75) is 24.5 Å². The van der Waals surface area contributed by atoms with Gasteiger partial charge in [0.15, 0.2) is 5.13 Å². The molecule has 2 aromatic heterocycles. The molecule has 0 unspecified atom stereocenters. The maximum atomic E-state index is 12.8. The Morgan fingerprint density at radius 3 is 2.94 bits per heavy atom. The second kappa shape index (κ2) is 8.27. The highest BCUT2D eigenvalue weighted by Gasteiger charge is 2.63. The number of ether oxygens (including phenoxy) is 1. The minimum absolute atomic E-state index is 0.0959. The highest BCUT2D eigenvalue weighted by molar-refractivity contribution is 7.13. The Bertz CT molecular complexity index is 992. The number of nitrogen functional groups attached to an aromatic ring is 1. The van der Waals surface area contributed by atoms with Crippen molar-refractivity contribution < 1.29 is 24.2 Å². The van der Waals surface area contributed by atoms with E-state index in [9.17, 15) is 9.59 Å². The van der Waals surface area contributed by atoms with E-state index in [-0.39, 0.29) is 41.8 Å². The molecule has 2 aromatic rings. The summed E-state index contributed by atoms with van der Waals surface area (Å²) in [6.45, 7) is 1.49. The summed E-state index contributed by atoms with van der Waals surface area (Å²) in [4.78, 5) is 39.6. The number of thiazole rings is 1. The zero-order valence-electron chi connectivity index (χ0n) is 16.9. The summed E-state index contributed by atoms with van der Waals surface area (Å²) in [5, 5.41) is 16.1. The summed E-state index contributed by atoms with van der Waals surface area (Å²) in [5.74, 6) is 0.185. The van der Waals surface area contributed by atoms with Gasteiger partial charge in [-0.05, 0) is 18.9 Å². The van der Waals surface area contributed by atoms with E-state index in [1.807, 2.05) is 4.90 Å². The Hall–Kier alpha value is -2.99. The number of rotatable bonds is 4. The van der Waals surface area contributed by atoms with Crippen LogP contribution in [0.3, 0.4) is 0 Å². The molecule has 5 rings (SSSR count). The number of carbonyl (C=O) groups excluding carboxylic acids is 2. The van der Waals surface area contributed by atoms with Gasteiger partial charge in [-0.3, -0.25) is 19.1 Å². The molecule has 12 heteroatoms. The van der Waals surface area contributed by atoms with Gasteiger partial charge in [0.2, 0.25) is 0 Å². The lowest BCUT2D eigenvalue weighted by atomic mass is 9.73. The fourth-order valence-corrected chi connectivity index (χ4v) is 5.60. The number of nitrogens with two attached hydrogens (primary N) is 1. The average molecular weight is 449 g/mol. The van der Waals surface area contributed by atoms with Crippen molar-refractivity contribution in [2.24, 2.45) is 18.9 Å². The zero-order chi connectivity index (χ0) is 22.2. The van der Waals surface area contributed by atoms with Gasteiger partial charge in [-0.15, -0.1) is 11.3 Å². The van der Waals surface area contributed by atoms with E-state index in [0.29, 0.717) is 36.2 Å². The molecule has 0 aromatic carbocycles. The largest absolute Gasteiger partial charge is 0.483 e. The van der Waals surface area contributed by atoms with Crippen LogP contribution >= 0.6 is 11.3 Å². The molecular weight excluding hydrogens is 424 g/mol. The van der Waals surface area contributed by atoms with Crippen LogP contribution in [0.25, 0.3) is 0 Å². The summed E-state index contributed by atoms with van der Waals surface area (Å²) in [6, 6.07) is 1.70. The molecular formula is C19H24N6O5S. The number of hydrogen-bond acceptors (Lipinski definition) is 8. The van der Waals surface area contributed by atoms with E-state index in [4.69, 9.17) is 20.4 Å². The normalized spacial score (nSPS) is 28.0. The monoisotopic (exact) mass is 448 g/mol. The molecule has 1 spiro atoms. The molecule has 31 heavy (non-hydrogen) atoms. The first-order chi connectivity index (χ1) is 14.9. The number of likely N-dealkylation sites (tertiary alicyclic amines) is 1. The first-order valence-corrected chi connectivity index (χ1v) is 10.8. The number of hydrogen-bond donors (Lipinski definition) is 3. The Labute approximate surface area is 182 Å². The molecule has 3 aliphatic rings. The van der Waals surface area contributed by atoms with Crippen molar-refractivity contribution in [3.63, 3.8) is 0 Å². The highest BCUT2D eigenvalue weighted by atomic mass is 32.1. The first-order valence-electron chi connectivity index (χ1n) is 9.90. The first kappa shape index (κ1) is 21.2. The van der Waals surface area contributed by atoms with E-state index in [1.165, 1.54) is 11.3 Å². The summed E-state index contributed by atoms with van der Waals surface area (Å²) >= 11 is 1.27. The number of nitrogens with one attached hydrogen (secondary N) is 1. The topological polar surface area (TPSA) is 153 Å². The standard InChI is InChI=1S/C18H22N6O3S.CH2O2/c1-23-13(3-5-21-23)15(25)20-6-10-11-7-24(9-18(11)4-2-14(10)27-18)16(26)12-8-28-17(19)22-12;2-1-3/h3,5,8,10-11,14H,2,4,6-7,9H2,1H3,(H2,19,22)(H,20,25);1H,(H,2,3)/t10-,11+,14+,18+;/m0./s1. The van der Waals surface area contributed by atoms with Crippen molar-refractivity contribution >= 4 is 34.8 Å². The van der Waals surface area contributed by atoms with Crippen LogP contribution in [0.5, 0.6) is 0 Å². The van der Waals surface area contributed by atoms with Gasteiger partial charge < -0.3 is 25.8 Å². The quantitative estimate of drug-likeness (QED) is 0.561. The van der Waals surface area contributed by atoms with Crippen LogP contribution in [0.15, 0.2) is 17.6 Å². The van der Waals surface area contributed by atoms with Crippen molar-refractivity contribution in [2.75, 3.05) is 25.4 Å². The molecule has 4 atom stereocenters. The SMILES string of the molecule is Cn1nccc1C(=O)NC[C@H]1[C@H]2CN(C(=O)c3csc(N)n3)C[C@]23CC[C@H]1O3.O=CO. The Morgan fingerprint density at radius 1 is 1.52 bits per heavy atom. The molecule has 0 saturated carbocycles. The third kappa shape index (κ3) is 3.76. The minimum Gasteiger partial charge on any atom is -0.483 e. The van der Waals surface area contributed by atoms with Crippen LogP contribution in [0.4, 0.5) is 5.13 Å². The third-order valence-electron chi connectivity index (χ3n) is 6.36. The zero-order valence-corrected chi connectivity index (χ0v) is 17.7. The van der Waals surface area contributed by atoms with Gasteiger partial charge in [0.1, 0.15) is 11.4 Å². The van der Waals surface area contributed by atoms with Gasteiger partial charge in [-0.1, -0.05) is 0 Å². The molecule has 2 bridgehead atoms. The molecule has 0 aliphatic carbocycles. The Balaban J connectivity index is 0.000000730. The van der Waals surface area contributed by atoms with E-state index in [0.717, 1.165) is 12.8 Å². The van der Waals surface area contributed by atoms with Crippen LogP contribution in [0.1, 0.15) is 33.8 Å². The van der Waals surface area contributed by atoms with Crippen molar-refractivity contribution in [1.82, 2.24) is 25.0 Å². The van der Waals surface area contributed by atoms with Crippen molar-refractivity contribution in [1.29, 1.82) is 0 Å². The van der Waals surface area contributed by atoms with Gasteiger partial charge in [0, 0.05) is 43.5 Å². The Kier molecular flexibility index (Phi) is 5.67. The van der Waals surface area contributed by atoms with Gasteiger partial charge in [-0.25, -0.2) is 4.98 Å². The lowest BCUT2D eigenvalue weighted by Gasteiger charge is -2.29. The predicted molar refractivity (Wildman–Crippen MR) is 110 cm³/mol. The van der Waals surface area contributed by atoms with Crippen molar-refractivity contribution in [3.05, 3.63) is 29.0 Å². The number of aromatic nitrogens is 3. The van der Waals surface area contributed by atoms with E-state index >= 15 is 0 Å². The molecule has 4 N–H and O–H groups in total. The van der Waals surface area contributed by atoms with Gasteiger partial charge >= 0.3 is 0 Å². The summed E-state index contributed by atoms with van der Waals surface area (Å²) in [7, 11) is 1.75. The molecule has 11 nitrogen and oxygen atoms in total. The predicted octanol–water partition coefficient (Wildman–Crippen LogP) is 0.209. The molecule has 3 aliphatic heterocycles. The van der Waals surface area contributed by atoms with Crippen LogP contribution in [0.2, 0.25) is 0 Å². The van der Waals surface area contributed by atoms with Crippen LogP contribution < -0.4 is 11.1 Å². The smallest absolute Gasteiger partial charge is 0.290 e. The van der Waals surface area contributed by atoms with Gasteiger partial charge in [0.25, 0.3) is 18.3 Å². The molecule has 3 fully saturated rings. The number of nitrogens with zero attached hydrogens (tertiary/aromatic N) is 4. The number of carbonyl (C=O) groups is 3. The second-order valence-electron chi connectivity index (χ2n) is 7.94. The van der Waals surface area contributed by atoms with Gasteiger partial charge in [0.05, 0.1) is 18.2 Å². The number of anilines is 1. The van der Waals surface area contributed by atoms with E-state index in [1.54, 1.807) is 29.4 Å². The number of amides is 2. The summed E-state index contributed by atoms with van der Waals surface area (Å²) in [6.07, 6.45) is 3.67. The average Bonchev–Trinajstić information content (AvgIpc) is 3.53. The van der Waals surface area contributed by atoms with Crippen LogP contribution in [0, 0.1) is 11.8 Å². The maximum Gasteiger partial charge on any atom is 0.290 e. The lowest BCUT2D eigenvalue weighted by molar-refractivity contribution is -0.122. The lowest BCUT2D eigenvalue weighted by Crippen LogP contribution is -2.42. The number of fused-ring (bicyclic) bond motifs is 1. The Morgan fingerprint density at radius 2 is 2.29 bits per heavy atom. The molecule has 2 amide bonds. The number of carboxylic acid groups (broad SMARTS) is 1. The highest BCUT2D eigenvalue weighted by Crippen LogP contribution is 2.54. The minimum atomic E-state index is -0.288. The van der Waals surface area contributed by atoms with Crippen LogP contribution in [-0.4, -0.2) is 74.4 Å².